The Morgan fingerprint density at radius 2 is 1.57 bits per heavy atom. The molecular formula is C15H23N3O3. The van der Waals surface area contributed by atoms with E-state index < -0.39 is 18.2 Å². The Morgan fingerprint density at radius 3 is 2.05 bits per heavy atom. The fourth-order valence-electron chi connectivity index (χ4n) is 1.68. The molecule has 1 aromatic rings. The molecule has 3 amide bonds. The van der Waals surface area contributed by atoms with E-state index in [0.29, 0.717) is 5.69 Å². The number of anilines is 1. The van der Waals surface area contributed by atoms with Gasteiger partial charge in [0.2, 0.25) is 5.91 Å². The summed E-state index contributed by atoms with van der Waals surface area (Å²) in [6.45, 7) is 7.00. The number of benzene rings is 1. The van der Waals surface area contributed by atoms with E-state index >= 15 is 0 Å². The SMILES string of the molecule is CC(C)NC(=O)C(C)NC(=O)Nc1ccc(C(C)O)cc1. The number of hydrogen-bond acceptors (Lipinski definition) is 3. The highest BCUT2D eigenvalue weighted by atomic mass is 16.3. The number of nitrogens with one attached hydrogen (secondary N) is 3. The summed E-state index contributed by atoms with van der Waals surface area (Å²) in [4.78, 5) is 23.5. The largest absolute Gasteiger partial charge is 0.389 e. The highest BCUT2D eigenvalue weighted by Gasteiger charge is 2.16. The van der Waals surface area contributed by atoms with E-state index in [-0.39, 0.29) is 11.9 Å². The molecule has 0 aliphatic heterocycles. The number of aliphatic hydroxyl groups is 1. The second kappa shape index (κ2) is 7.64. The van der Waals surface area contributed by atoms with Gasteiger partial charge in [0, 0.05) is 11.7 Å². The van der Waals surface area contributed by atoms with E-state index in [1.165, 1.54) is 0 Å². The van der Waals surface area contributed by atoms with Crippen molar-refractivity contribution in [1.82, 2.24) is 10.6 Å². The van der Waals surface area contributed by atoms with Crippen molar-refractivity contribution in [1.29, 1.82) is 0 Å². The van der Waals surface area contributed by atoms with Crippen LogP contribution in [0.15, 0.2) is 24.3 Å². The first-order chi connectivity index (χ1) is 9.79. The lowest BCUT2D eigenvalue weighted by atomic mass is 10.1. The van der Waals surface area contributed by atoms with Crippen LogP contribution in [0.3, 0.4) is 0 Å². The normalized spacial score (nSPS) is 13.4. The van der Waals surface area contributed by atoms with Crippen LogP contribution in [0.5, 0.6) is 0 Å². The molecule has 0 spiro atoms. The Kier molecular flexibility index (Phi) is 6.17. The van der Waals surface area contributed by atoms with E-state index in [9.17, 15) is 14.7 Å². The minimum atomic E-state index is -0.621. The van der Waals surface area contributed by atoms with Crippen LogP contribution < -0.4 is 16.0 Å². The molecule has 0 bridgehead atoms. The van der Waals surface area contributed by atoms with Crippen LogP contribution in [-0.4, -0.2) is 29.1 Å². The number of carbonyl (C=O) groups is 2. The fraction of sp³-hybridized carbons (Fsp3) is 0.467. The molecule has 2 atom stereocenters. The maximum absolute atomic E-state index is 11.8. The number of rotatable bonds is 5. The van der Waals surface area contributed by atoms with Gasteiger partial charge in [-0.15, -0.1) is 0 Å². The van der Waals surface area contributed by atoms with Crippen LogP contribution in [0.25, 0.3) is 0 Å². The first-order valence-electron chi connectivity index (χ1n) is 6.95. The third kappa shape index (κ3) is 5.83. The van der Waals surface area contributed by atoms with Gasteiger partial charge in [0.15, 0.2) is 0 Å². The topological polar surface area (TPSA) is 90.5 Å². The zero-order valence-electron chi connectivity index (χ0n) is 12.8. The van der Waals surface area contributed by atoms with Crippen LogP contribution in [0.1, 0.15) is 39.4 Å². The smallest absolute Gasteiger partial charge is 0.319 e. The number of aliphatic hydroxyl groups excluding tert-OH is 1. The Morgan fingerprint density at radius 1 is 1.00 bits per heavy atom. The molecule has 1 aromatic carbocycles. The first-order valence-corrected chi connectivity index (χ1v) is 6.95. The second-order valence-corrected chi connectivity index (χ2v) is 5.28. The summed E-state index contributed by atoms with van der Waals surface area (Å²) in [7, 11) is 0. The van der Waals surface area contributed by atoms with Crippen molar-refractivity contribution in [3.05, 3.63) is 29.8 Å². The van der Waals surface area contributed by atoms with Gasteiger partial charge < -0.3 is 21.1 Å². The van der Waals surface area contributed by atoms with Crippen molar-refractivity contribution >= 4 is 17.6 Å². The molecule has 1 rings (SSSR count). The lowest BCUT2D eigenvalue weighted by Gasteiger charge is -2.16. The van der Waals surface area contributed by atoms with Gasteiger partial charge in [-0.25, -0.2) is 4.79 Å². The molecule has 0 aliphatic rings. The van der Waals surface area contributed by atoms with Crippen molar-refractivity contribution in [2.45, 2.75) is 45.9 Å². The monoisotopic (exact) mass is 293 g/mol. The van der Waals surface area contributed by atoms with Crippen LogP contribution in [0.2, 0.25) is 0 Å². The van der Waals surface area contributed by atoms with E-state index in [2.05, 4.69) is 16.0 Å². The van der Waals surface area contributed by atoms with Gasteiger partial charge in [-0.1, -0.05) is 12.1 Å². The summed E-state index contributed by atoms with van der Waals surface area (Å²) in [5.41, 5.74) is 1.36. The van der Waals surface area contributed by atoms with Gasteiger partial charge in [0.05, 0.1) is 6.10 Å². The average Bonchev–Trinajstić information content (AvgIpc) is 2.38. The Bertz CT molecular complexity index is 483. The van der Waals surface area contributed by atoms with E-state index in [1.54, 1.807) is 38.1 Å². The van der Waals surface area contributed by atoms with Crippen molar-refractivity contribution in [3.63, 3.8) is 0 Å². The minimum absolute atomic E-state index is 0.0258. The second-order valence-electron chi connectivity index (χ2n) is 5.28. The van der Waals surface area contributed by atoms with Gasteiger partial charge in [-0.05, 0) is 45.4 Å². The molecule has 6 heteroatoms. The van der Waals surface area contributed by atoms with Crippen molar-refractivity contribution in [2.75, 3.05) is 5.32 Å². The first kappa shape index (κ1) is 17.0. The molecule has 21 heavy (non-hydrogen) atoms. The number of hydrogen-bond donors (Lipinski definition) is 4. The quantitative estimate of drug-likeness (QED) is 0.667. The third-order valence-corrected chi connectivity index (χ3v) is 2.82. The van der Waals surface area contributed by atoms with Gasteiger partial charge >= 0.3 is 6.03 Å². The van der Waals surface area contributed by atoms with E-state index in [0.717, 1.165) is 5.56 Å². The molecule has 6 nitrogen and oxygen atoms in total. The number of urea groups is 1. The number of amides is 3. The van der Waals surface area contributed by atoms with Crippen molar-refractivity contribution in [2.24, 2.45) is 0 Å². The summed E-state index contributed by atoms with van der Waals surface area (Å²) in [5.74, 6) is -0.232. The van der Waals surface area contributed by atoms with Gasteiger partial charge in [0.1, 0.15) is 6.04 Å². The molecule has 2 unspecified atom stereocenters. The van der Waals surface area contributed by atoms with Crippen molar-refractivity contribution in [3.8, 4) is 0 Å². The van der Waals surface area contributed by atoms with Crippen LogP contribution in [0, 0.1) is 0 Å². The van der Waals surface area contributed by atoms with Crippen molar-refractivity contribution < 1.29 is 14.7 Å². The Balaban J connectivity index is 2.51. The van der Waals surface area contributed by atoms with Crippen LogP contribution in [0.4, 0.5) is 10.5 Å². The molecule has 0 fully saturated rings. The summed E-state index contributed by atoms with van der Waals surface area (Å²) in [6.07, 6.45) is -0.548. The Hall–Kier alpha value is -2.08. The molecule has 0 radical (unpaired) electrons. The average molecular weight is 293 g/mol. The number of carbonyl (C=O) groups excluding carboxylic acids is 2. The lowest BCUT2D eigenvalue weighted by Crippen LogP contribution is -2.48. The molecule has 116 valence electrons. The standard InChI is InChI=1S/C15H23N3O3/c1-9(2)16-14(20)10(3)17-15(21)18-13-7-5-12(6-8-13)11(4)19/h5-11,19H,1-4H3,(H,16,20)(H2,17,18,21). The lowest BCUT2D eigenvalue weighted by molar-refractivity contribution is -0.123. The fourth-order valence-corrected chi connectivity index (χ4v) is 1.68. The maximum Gasteiger partial charge on any atom is 0.319 e. The highest BCUT2D eigenvalue weighted by Crippen LogP contribution is 2.15. The van der Waals surface area contributed by atoms with E-state index in [1.807, 2.05) is 13.8 Å². The van der Waals surface area contributed by atoms with Crippen LogP contribution >= 0.6 is 0 Å². The molecule has 4 N–H and O–H groups in total. The molecule has 0 heterocycles. The summed E-state index contributed by atoms with van der Waals surface area (Å²) >= 11 is 0. The summed E-state index contributed by atoms with van der Waals surface area (Å²) < 4.78 is 0. The third-order valence-electron chi connectivity index (χ3n) is 2.82. The Labute approximate surface area is 124 Å². The molecule has 0 aliphatic carbocycles. The van der Waals surface area contributed by atoms with Gasteiger partial charge in [0.25, 0.3) is 0 Å². The minimum Gasteiger partial charge on any atom is -0.389 e. The predicted octanol–water partition coefficient (Wildman–Crippen LogP) is 1.77. The summed E-state index contributed by atoms with van der Waals surface area (Å²) in [6, 6.07) is 5.80. The zero-order valence-corrected chi connectivity index (χ0v) is 12.8. The molecule has 0 aromatic heterocycles. The van der Waals surface area contributed by atoms with Crippen LogP contribution in [-0.2, 0) is 4.79 Å². The molecule has 0 saturated heterocycles. The highest BCUT2D eigenvalue weighted by molar-refractivity contribution is 5.93. The van der Waals surface area contributed by atoms with Gasteiger partial charge in [-0.3, -0.25) is 4.79 Å². The predicted molar refractivity (Wildman–Crippen MR) is 82.0 cm³/mol. The summed E-state index contributed by atoms with van der Waals surface area (Å²) in [5, 5.41) is 17.3. The van der Waals surface area contributed by atoms with E-state index in [4.69, 9.17) is 0 Å². The zero-order chi connectivity index (χ0) is 16.0. The molecular weight excluding hydrogens is 270 g/mol. The maximum atomic E-state index is 11.8. The van der Waals surface area contributed by atoms with Gasteiger partial charge in [-0.2, -0.15) is 0 Å². The molecule has 0 saturated carbocycles.